The average Bonchev–Trinajstić information content (AvgIpc) is 2.82. The minimum atomic E-state index is -0.447. The number of aryl methyl sites for hydroxylation is 1. The predicted molar refractivity (Wildman–Crippen MR) is 78.0 cm³/mol. The van der Waals surface area contributed by atoms with Crippen molar-refractivity contribution in [3.63, 3.8) is 0 Å². The van der Waals surface area contributed by atoms with Crippen LogP contribution in [-0.2, 0) is 16.1 Å². The number of esters is 1. The number of carbonyl (C=O) groups excluding carboxylic acids is 2. The normalized spacial score (nSPS) is 10.8. The van der Waals surface area contributed by atoms with Crippen molar-refractivity contribution in [2.45, 2.75) is 46.1 Å². The van der Waals surface area contributed by atoms with E-state index in [1.807, 2.05) is 13.8 Å². The second kappa shape index (κ2) is 7.75. The standard InChI is InChI=1S/C14H24N4O3/c1-6-21-14(20)12-13(10(2)3)18(16-15-12)9-7-8-11(19)17(4)5/h10H,6-9H2,1-5H3. The van der Waals surface area contributed by atoms with Gasteiger partial charge in [-0.05, 0) is 19.3 Å². The molecule has 0 spiro atoms. The van der Waals surface area contributed by atoms with Crippen molar-refractivity contribution < 1.29 is 14.3 Å². The highest BCUT2D eigenvalue weighted by Gasteiger charge is 2.22. The molecule has 0 atom stereocenters. The van der Waals surface area contributed by atoms with Gasteiger partial charge in [0.2, 0.25) is 5.91 Å². The van der Waals surface area contributed by atoms with Crippen molar-refractivity contribution in [1.82, 2.24) is 19.9 Å². The van der Waals surface area contributed by atoms with E-state index in [-0.39, 0.29) is 17.5 Å². The zero-order valence-corrected chi connectivity index (χ0v) is 13.4. The fourth-order valence-electron chi connectivity index (χ4n) is 2.01. The third-order valence-corrected chi connectivity index (χ3v) is 3.05. The first-order chi connectivity index (χ1) is 9.88. The molecule has 1 rings (SSSR count). The van der Waals surface area contributed by atoms with Crippen LogP contribution >= 0.6 is 0 Å². The van der Waals surface area contributed by atoms with Crippen molar-refractivity contribution in [3.05, 3.63) is 11.4 Å². The largest absolute Gasteiger partial charge is 0.461 e. The summed E-state index contributed by atoms with van der Waals surface area (Å²) in [7, 11) is 3.46. The molecule has 1 heterocycles. The summed E-state index contributed by atoms with van der Waals surface area (Å²) in [6, 6.07) is 0. The topological polar surface area (TPSA) is 77.3 Å². The minimum absolute atomic E-state index is 0.0758. The zero-order chi connectivity index (χ0) is 16.0. The highest BCUT2D eigenvalue weighted by Crippen LogP contribution is 2.19. The lowest BCUT2D eigenvalue weighted by atomic mass is 10.1. The maximum absolute atomic E-state index is 11.9. The van der Waals surface area contributed by atoms with Gasteiger partial charge in [0.25, 0.3) is 0 Å². The van der Waals surface area contributed by atoms with Crippen LogP contribution in [0, 0.1) is 0 Å². The van der Waals surface area contributed by atoms with Gasteiger partial charge in [0, 0.05) is 27.1 Å². The molecular weight excluding hydrogens is 272 g/mol. The number of hydrogen-bond donors (Lipinski definition) is 0. The van der Waals surface area contributed by atoms with Gasteiger partial charge in [0.1, 0.15) is 0 Å². The van der Waals surface area contributed by atoms with E-state index in [9.17, 15) is 9.59 Å². The molecule has 1 aromatic heterocycles. The van der Waals surface area contributed by atoms with Gasteiger partial charge in [0.15, 0.2) is 5.69 Å². The third kappa shape index (κ3) is 4.54. The zero-order valence-electron chi connectivity index (χ0n) is 13.4. The lowest BCUT2D eigenvalue weighted by Gasteiger charge is -2.12. The van der Waals surface area contributed by atoms with E-state index in [0.29, 0.717) is 26.0 Å². The molecule has 0 fully saturated rings. The molecule has 1 aromatic rings. The monoisotopic (exact) mass is 296 g/mol. The van der Waals surface area contributed by atoms with Gasteiger partial charge in [-0.1, -0.05) is 19.1 Å². The molecule has 0 N–H and O–H groups in total. The van der Waals surface area contributed by atoms with Crippen LogP contribution in [-0.4, -0.2) is 52.5 Å². The Balaban J connectivity index is 2.79. The second-order valence-electron chi connectivity index (χ2n) is 5.31. The number of carbonyl (C=O) groups is 2. The Morgan fingerprint density at radius 1 is 1.33 bits per heavy atom. The van der Waals surface area contributed by atoms with Crippen LogP contribution in [0.2, 0.25) is 0 Å². The van der Waals surface area contributed by atoms with Gasteiger partial charge < -0.3 is 9.64 Å². The minimum Gasteiger partial charge on any atom is -0.461 e. The first kappa shape index (κ1) is 17.1. The molecule has 0 radical (unpaired) electrons. The SMILES string of the molecule is CCOC(=O)c1nnn(CCCC(=O)N(C)C)c1C(C)C. The van der Waals surface area contributed by atoms with Crippen LogP contribution in [0.25, 0.3) is 0 Å². The maximum Gasteiger partial charge on any atom is 0.360 e. The molecule has 0 aliphatic carbocycles. The van der Waals surface area contributed by atoms with E-state index < -0.39 is 5.97 Å². The summed E-state index contributed by atoms with van der Waals surface area (Å²) in [5.41, 5.74) is 1.02. The van der Waals surface area contributed by atoms with E-state index in [1.165, 1.54) is 0 Å². The fourth-order valence-corrected chi connectivity index (χ4v) is 2.01. The summed E-state index contributed by atoms with van der Waals surface area (Å²) in [6.07, 6.45) is 1.10. The predicted octanol–water partition coefficient (Wildman–Crippen LogP) is 1.45. The van der Waals surface area contributed by atoms with Gasteiger partial charge in [-0.25, -0.2) is 9.48 Å². The van der Waals surface area contributed by atoms with E-state index in [4.69, 9.17) is 4.74 Å². The van der Waals surface area contributed by atoms with Crippen LogP contribution in [0.3, 0.4) is 0 Å². The van der Waals surface area contributed by atoms with Crippen LogP contribution in [0.15, 0.2) is 0 Å². The highest BCUT2D eigenvalue weighted by molar-refractivity contribution is 5.88. The van der Waals surface area contributed by atoms with Crippen LogP contribution in [0.1, 0.15) is 55.7 Å². The summed E-state index contributed by atoms with van der Waals surface area (Å²) < 4.78 is 6.69. The number of rotatable bonds is 7. The molecule has 0 saturated carbocycles. The Morgan fingerprint density at radius 3 is 2.52 bits per heavy atom. The molecule has 118 valence electrons. The lowest BCUT2D eigenvalue weighted by Crippen LogP contribution is -2.22. The number of hydrogen-bond acceptors (Lipinski definition) is 5. The summed E-state index contributed by atoms with van der Waals surface area (Å²) in [5, 5.41) is 7.96. The smallest absolute Gasteiger partial charge is 0.360 e. The maximum atomic E-state index is 11.9. The Labute approximate surface area is 125 Å². The van der Waals surface area contributed by atoms with Gasteiger partial charge in [-0.3, -0.25) is 4.79 Å². The van der Waals surface area contributed by atoms with Crippen LogP contribution in [0.5, 0.6) is 0 Å². The molecule has 7 heteroatoms. The molecule has 0 saturated heterocycles. The molecule has 0 aliphatic heterocycles. The van der Waals surface area contributed by atoms with E-state index in [0.717, 1.165) is 5.69 Å². The molecule has 0 bridgehead atoms. The quantitative estimate of drug-likeness (QED) is 0.712. The molecular formula is C14H24N4O3. The molecule has 0 aliphatic rings. The Kier molecular flexibility index (Phi) is 6.33. The molecule has 7 nitrogen and oxygen atoms in total. The van der Waals surface area contributed by atoms with E-state index in [2.05, 4.69) is 10.3 Å². The van der Waals surface area contributed by atoms with E-state index >= 15 is 0 Å². The van der Waals surface area contributed by atoms with Gasteiger partial charge in [-0.15, -0.1) is 5.10 Å². The first-order valence-electron chi connectivity index (χ1n) is 7.19. The summed E-state index contributed by atoms with van der Waals surface area (Å²) in [4.78, 5) is 25.0. The molecule has 21 heavy (non-hydrogen) atoms. The summed E-state index contributed by atoms with van der Waals surface area (Å²) in [5.74, 6) is -0.271. The summed E-state index contributed by atoms with van der Waals surface area (Å²) >= 11 is 0. The van der Waals surface area contributed by atoms with Crippen LogP contribution < -0.4 is 0 Å². The van der Waals surface area contributed by atoms with Crippen molar-refractivity contribution in [2.75, 3.05) is 20.7 Å². The highest BCUT2D eigenvalue weighted by atomic mass is 16.5. The van der Waals surface area contributed by atoms with Gasteiger partial charge in [0.05, 0.1) is 12.3 Å². The lowest BCUT2D eigenvalue weighted by molar-refractivity contribution is -0.128. The Morgan fingerprint density at radius 2 is 2.00 bits per heavy atom. The molecule has 0 unspecified atom stereocenters. The third-order valence-electron chi connectivity index (χ3n) is 3.05. The summed E-state index contributed by atoms with van der Waals surface area (Å²) in [6.45, 7) is 6.57. The fraction of sp³-hybridized carbons (Fsp3) is 0.714. The Hall–Kier alpha value is -1.92. The number of ether oxygens (including phenoxy) is 1. The van der Waals surface area contributed by atoms with Gasteiger partial charge in [-0.2, -0.15) is 0 Å². The molecule has 1 amide bonds. The van der Waals surface area contributed by atoms with Crippen molar-refractivity contribution in [3.8, 4) is 0 Å². The number of amides is 1. The van der Waals surface area contributed by atoms with Crippen molar-refractivity contribution in [1.29, 1.82) is 0 Å². The van der Waals surface area contributed by atoms with Gasteiger partial charge >= 0.3 is 5.97 Å². The second-order valence-corrected chi connectivity index (χ2v) is 5.31. The first-order valence-corrected chi connectivity index (χ1v) is 7.19. The van der Waals surface area contributed by atoms with Crippen molar-refractivity contribution >= 4 is 11.9 Å². The van der Waals surface area contributed by atoms with E-state index in [1.54, 1.807) is 30.6 Å². The molecule has 0 aromatic carbocycles. The number of nitrogens with zero attached hydrogens (tertiary/aromatic N) is 4. The van der Waals surface area contributed by atoms with Crippen molar-refractivity contribution in [2.24, 2.45) is 0 Å². The Bertz CT molecular complexity index is 494. The van der Waals surface area contributed by atoms with Crippen LogP contribution in [0.4, 0.5) is 0 Å². The number of aromatic nitrogens is 3. The average molecular weight is 296 g/mol.